The summed E-state index contributed by atoms with van der Waals surface area (Å²) in [7, 11) is 0. The number of phenols is 4. The summed E-state index contributed by atoms with van der Waals surface area (Å²) in [5.74, 6) is -2.70. The first kappa shape index (κ1) is 103. The zero-order valence-corrected chi connectivity index (χ0v) is 73.9. The second-order valence-electron chi connectivity index (χ2n) is 30.6. The lowest BCUT2D eigenvalue weighted by Crippen LogP contribution is -2.24. The number of nitrogens with zero attached hydrogens (tertiary/aromatic N) is 7. The number of carbonyl (C=O) groups excluding carboxylic acids is 6. The van der Waals surface area contributed by atoms with Crippen LogP contribution in [0.2, 0.25) is 0 Å². The topological polar surface area (TPSA) is 506 Å². The number of aromatic nitrogens is 4. The summed E-state index contributed by atoms with van der Waals surface area (Å²) >= 11 is 4.97. The number of phenolic OH excluding ortho intramolecular Hbond substituents is 4. The predicted octanol–water partition coefficient (Wildman–Crippen LogP) is 17.4. The number of ether oxygens (including phenoxy) is 2. The van der Waals surface area contributed by atoms with Gasteiger partial charge in [0.2, 0.25) is 23.0 Å². The highest BCUT2D eigenvalue weighted by atomic mass is 35.5. The van der Waals surface area contributed by atoms with Crippen molar-refractivity contribution >= 4 is 109 Å². The van der Waals surface area contributed by atoms with Gasteiger partial charge in [0.15, 0.2) is 0 Å². The van der Waals surface area contributed by atoms with Crippen LogP contribution in [0.3, 0.4) is 0 Å². The van der Waals surface area contributed by atoms with Gasteiger partial charge >= 0.3 is 23.9 Å². The van der Waals surface area contributed by atoms with E-state index in [1.54, 1.807) is 188 Å². The molecule has 3 amide bonds. The fraction of sp³-hybridized carbons (Fsp3) is 0.274. The van der Waals surface area contributed by atoms with Gasteiger partial charge in [-0.05, 0) is 170 Å². The number of nitrogens with one attached hydrogen (secondary N) is 3. The lowest BCUT2D eigenvalue weighted by atomic mass is 10.1. The Morgan fingerprint density at radius 2 is 0.706 bits per heavy atom. The molecule has 0 saturated heterocycles. The van der Waals surface area contributed by atoms with E-state index in [1.165, 1.54) is 66.7 Å². The standard InChI is InChI=1S/2C18H15N3O2.C15H19NO5.C15H21NO3.C11H13NO4.C7H6N2.C7H9NO.C4H7ClO/c2*1-11(2)17-20-16-9-14(22)7-8-15(16)18(23)21(17)13-5-3-12(10-19)4-6-13;1-8(2)13(17)16-12-7-10(21-15(20)9(3)4)5-6-11(12)14(18)19;1-9(2)14(17)16-13-8-12(7-6-11(13)5)19-15(18)10(3)4;1-6(2)10(14)12-9-5-7(13)3-4-8(9)11(15)16;8-5-6-1-3-7(9)4-2-6;1-5-2-3-6(9)4-7(5)8;1-3(2)4(5)6/h2*3-9,11,22H,1-2H3;5-9H,1-4H3,(H,16,17)(H,18,19);6-10H,1-5H3,(H,16,17);3-6,13H,1-2H3,(H,12,14)(H,15,16);1-4H,9H2;2-4,9H,8H2,1H3;3H,1-2H3. The van der Waals surface area contributed by atoms with Crippen LogP contribution < -0.4 is 48.0 Å². The molecular weight excluding hydrogens is 1630 g/mol. The average Bonchev–Trinajstić information content (AvgIpc) is 0.769. The minimum Gasteiger partial charge on any atom is -0.508 e. The van der Waals surface area contributed by atoms with Crippen LogP contribution in [-0.2, 0) is 28.8 Å². The van der Waals surface area contributed by atoms with Crippen LogP contribution in [0, 0.1) is 83.3 Å². The van der Waals surface area contributed by atoms with E-state index in [9.17, 15) is 63.3 Å². The lowest BCUT2D eigenvalue weighted by molar-refractivity contribution is -0.138. The Morgan fingerprint density at radius 1 is 0.397 bits per heavy atom. The fourth-order valence-corrected chi connectivity index (χ4v) is 10.0. The molecule has 0 saturated carbocycles. The molecule has 0 aliphatic heterocycles. The molecule has 2 heterocycles. The number of hydrogen-bond acceptors (Lipinski definition) is 23. The summed E-state index contributed by atoms with van der Waals surface area (Å²) in [4.78, 5) is 125. The number of halogens is 1. The summed E-state index contributed by atoms with van der Waals surface area (Å²) in [5, 5.41) is 89.9. The highest BCUT2D eigenvalue weighted by molar-refractivity contribution is 6.63. The molecule has 0 aliphatic carbocycles. The molecule has 0 radical (unpaired) electrons. The van der Waals surface area contributed by atoms with Crippen molar-refractivity contribution in [2.24, 2.45) is 35.5 Å². The number of hydrogen-bond donors (Lipinski definition) is 11. The van der Waals surface area contributed by atoms with Gasteiger partial charge in [0.05, 0.1) is 102 Å². The molecular formula is C95H105ClN12O18. The molecule has 126 heavy (non-hydrogen) atoms. The van der Waals surface area contributed by atoms with Crippen molar-refractivity contribution < 1.29 is 78.5 Å². The highest BCUT2D eigenvalue weighted by Crippen LogP contribution is 2.29. The third kappa shape index (κ3) is 32.0. The van der Waals surface area contributed by atoms with Crippen molar-refractivity contribution in [1.29, 1.82) is 15.8 Å². The Kier molecular flexibility index (Phi) is 40.1. The maximum absolute atomic E-state index is 12.9. The van der Waals surface area contributed by atoms with Crippen molar-refractivity contribution in [2.75, 3.05) is 27.4 Å². The quantitative estimate of drug-likeness (QED) is 0.0174. The number of nitrogens with two attached hydrogens (primary N) is 2. The van der Waals surface area contributed by atoms with Gasteiger partial charge in [0.1, 0.15) is 46.1 Å². The van der Waals surface area contributed by atoms with Crippen LogP contribution >= 0.6 is 11.6 Å². The molecule has 9 aromatic carbocycles. The van der Waals surface area contributed by atoms with Gasteiger partial charge < -0.3 is 67.5 Å². The maximum atomic E-state index is 12.9. The van der Waals surface area contributed by atoms with Gasteiger partial charge in [-0.25, -0.2) is 19.6 Å². The number of carboxylic acid groups (broad SMARTS) is 2. The number of amides is 3. The summed E-state index contributed by atoms with van der Waals surface area (Å²) in [5.41, 5.74) is 18.5. The largest absolute Gasteiger partial charge is 0.508 e. The second-order valence-corrected chi connectivity index (χ2v) is 31.0. The maximum Gasteiger partial charge on any atom is 0.337 e. The van der Waals surface area contributed by atoms with E-state index in [0.29, 0.717) is 84.3 Å². The van der Waals surface area contributed by atoms with Crippen LogP contribution in [0.25, 0.3) is 33.2 Å². The van der Waals surface area contributed by atoms with E-state index in [-0.39, 0.29) is 139 Å². The number of nitriles is 3. The molecule has 11 aromatic rings. The minimum absolute atomic E-state index is 0.0186. The lowest BCUT2D eigenvalue weighted by Gasteiger charge is -2.16. The summed E-state index contributed by atoms with van der Waals surface area (Å²) in [6.45, 7) is 32.5. The summed E-state index contributed by atoms with van der Waals surface area (Å²) in [6.07, 6.45) is 0. The van der Waals surface area contributed by atoms with Crippen LogP contribution in [0.1, 0.15) is 183 Å². The second kappa shape index (κ2) is 49.0. The number of carboxylic acids is 2. The minimum atomic E-state index is -1.17. The Bertz CT molecular complexity index is 5800. The number of nitrogen functional groups attached to an aromatic ring is 2. The van der Waals surface area contributed by atoms with Crippen molar-refractivity contribution in [3.8, 4) is 64.1 Å². The number of anilines is 5. The van der Waals surface area contributed by atoms with Gasteiger partial charge in [-0.3, -0.25) is 47.5 Å². The molecule has 2 aromatic heterocycles. The molecule has 30 nitrogen and oxygen atoms in total. The Hall–Kier alpha value is -15.2. The van der Waals surface area contributed by atoms with Crippen molar-refractivity contribution in [2.45, 2.75) is 136 Å². The molecule has 0 bridgehead atoms. The molecule has 0 atom stereocenters. The normalized spacial score (nSPS) is 10.3. The summed E-state index contributed by atoms with van der Waals surface area (Å²) < 4.78 is 13.5. The average molecular weight is 1740 g/mol. The van der Waals surface area contributed by atoms with Crippen LogP contribution in [0.5, 0.6) is 34.5 Å². The van der Waals surface area contributed by atoms with Gasteiger partial charge in [0.25, 0.3) is 11.1 Å². The molecule has 11 rings (SSSR count). The number of fused-ring (bicyclic) bond motifs is 2. The van der Waals surface area contributed by atoms with Crippen molar-refractivity contribution in [3.05, 3.63) is 253 Å². The van der Waals surface area contributed by atoms with Crippen LogP contribution in [0.4, 0.5) is 28.4 Å². The van der Waals surface area contributed by atoms with Gasteiger partial charge in [0, 0.05) is 89.0 Å². The molecule has 0 unspecified atom stereocenters. The van der Waals surface area contributed by atoms with E-state index in [4.69, 9.17) is 63.6 Å². The van der Waals surface area contributed by atoms with Crippen LogP contribution in [0.15, 0.2) is 192 Å². The third-order valence-electron chi connectivity index (χ3n) is 17.4. The van der Waals surface area contributed by atoms with E-state index < -0.39 is 17.9 Å². The molecule has 13 N–H and O–H groups in total. The molecule has 31 heteroatoms. The SMILES string of the molecule is CC(C)C(=O)Cl.CC(C)C(=O)Nc1cc(O)ccc1C(=O)O.CC(C)C(=O)Nc1cc(OC(=O)C(C)C)ccc1C(=O)O.CC(C)c1nc2cc(O)ccc2c(=O)n1-c1ccc(C#N)cc1.CC(C)c1nc2cc(O)ccc2c(=O)n1-c1ccc(C#N)cc1.Cc1ccc(O)cc1N.Cc1ccc(OC(=O)C(C)C)cc1NC(=O)C(C)C.N#Cc1ccc(N)cc1. The number of benzene rings is 9. The number of aryl methyl sites for hydroxylation is 2. The first-order chi connectivity index (χ1) is 59.1. The van der Waals surface area contributed by atoms with Crippen LogP contribution in [-0.4, -0.2) is 96.6 Å². The Labute approximate surface area is 735 Å². The van der Waals surface area contributed by atoms with Gasteiger partial charge in [-0.15, -0.1) is 0 Å². The summed E-state index contributed by atoms with van der Waals surface area (Å²) in [6, 6.07) is 53.5. The third-order valence-corrected chi connectivity index (χ3v) is 17.9. The Morgan fingerprint density at radius 3 is 1.04 bits per heavy atom. The number of esters is 2. The number of aromatic carboxylic acids is 2. The predicted molar refractivity (Wildman–Crippen MR) is 485 cm³/mol. The van der Waals surface area contributed by atoms with E-state index >= 15 is 0 Å². The fourth-order valence-electron chi connectivity index (χ4n) is 10.0. The number of rotatable bonds is 17. The van der Waals surface area contributed by atoms with Crippen molar-refractivity contribution in [1.82, 2.24) is 19.1 Å². The van der Waals surface area contributed by atoms with E-state index in [1.807, 2.05) is 67.5 Å². The van der Waals surface area contributed by atoms with Gasteiger partial charge in [-0.2, -0.15) is 15.8 Å². The molecule has 0 aliphatic rings. The molecule has 660 valence electrons. The molecule has 0 spiro atoms. The number of carbonyl (C=O) groups is 8. The smallest absolute Gasteiger partial charge is 0.337 e. The van der Waals surface area contributed by atoms with Crippen molar-refractivity contribution in [3.63, 3.8) is 0 Å². The zero-order valence-electron chi connectivity index (χ0n) is 73.2. The first-order valence-electron chi connectivity index (χ1n) is 39.6. The monoisotopic (exact) mass is 1740 g/mol. The molecule has 0 fully saturated rings. The van der Waals surface area contributed by atoms with E-state index in [0.717, 1.165) is 11.1 Å². The first-order valence-corrected chi connectivity index (χ1v) is 39.9. The highest BCUT2D eigenvalue weighted by Gasteiger charge is 2.22. The Balaban J connectivity index is 0.000000311. The zero-order chi connectivity index (χ0) is 94.8. The number of aromatic hydroxyl groups is 4. The van der Waals surface area contributed by atoms with E-state index in [2.05, 4.69) is 38.1 Å². The van der Waals surface area contributed by atoms with Gasteiger partial charge in [-0.1, -0.05) is 123 Å².